The third-order valence-electron chi connectivity index (χ3n) is 5.19. The Morgan fingerprint density at radius 1 is 1.24 bits per heavy atom. The van der Waals surface area contributed by atoms with Crippen molar-refractivity contribution in [2.45, 2.75) is 30.8 Å². The van der Waals surface area contributed by atoms with Crippen molar-refractivity contribution in [1.82, 2.24) is 15.4 Å². The first-order chi connectivity index (χ1) is 12.1. The molecule has 2 fully saturated rings. The van der Waals surface area contributed by atoms with Crippen LogP contribution in [0.3, 0.4) is 0 Å². The van der Waals surface area contributed by atoms with Crippen molar-refractivity contribution in [2.75, 3.05) is 33.4 Å². The van der Waals surface area contributed by atoms with Crippen LogP contribution in [0, 0.1) is 5.82 Å². The SMILES string of the molecule is CN1CCC(NC2(Cc3cc(-c4ccc(F)cc4)on3)COC2)CC1. The normalized spacial score (nSPS) is 21.2. The van der Waals surface area contributed by atoms with E-state index < -0.39 is 0 Å². The molecule has 2 aliphatic rings. The van der Waals surface area contributed by atoms with Crippen molar-refractivity contribution in [1.29, 1.82) is 0 Å². The number of nitrogens with zero attached hydrogens (tertiary/aromatic N) is 2. The first-order valence-corrected chi connectivity index (χ1v) is 8.87. The fourth-order valence-corrected chi connectivity index (χ4v) is 3.66. The average molecular weight is 345 g/mol. The van der Waals surface area contributed by atoms with E-state index in [0.29, 0.717) is 25.0 Å². The maximum atomic E-state index is 13.1. The molecule has 0 saturated carbocycles. The number of likely N-dealkylation sites (tertiary alicyclic amines) is 1. The number of piperidine rings is 1. The summed E-state index contributed by atoms with van der Waals surface area (Å²) in [6.07, 6.45) is 3.11. The van der Waals surface area contributed by atoms with Crippen molar-refractivity contribution in [2.24, 2.45) is 0 Å². The van der Waals surface area contributed by atoms with E-state index in [1.54, 1.807) is 12.1 Å². The molecule has 0 unspecified atom stereocenters. The van der Waals surface area contributed by atoms with Gasteiger partial charge in [-0.05, 0) is 57.2 Å². The Bertz CT molecular complexity index is 704. The van der Waals surface area contributed by atoms with Crippen LogP contribution in [0.1, 0.15) is 18.5 Å². The fourth-order valence-electron chi connectivity index (χ4n) is 3.66. The molecule has 1 aromatic heterocycles. The van der Waals surface area contributed by atoms with Gasteiger partial charge >= 0.3 is 0 Å². The lowest BCUT2D eigenvalue weighted by Gasteiger charge is -2.45. The minimum atomic E-state index is -0.253. The van der Waals surface area contributed by atoms with E-state index in [2.05, 4.69) is 22.4 Å². The summed E-state index contributed by atoms with van der Waals surface area (Å²) in [4.78, 5) is 2.37. The summed E-state index contributed by atoms with van der Waals surface area (Å²) in [5, 5.41) is 8.03. The van der Waals surface area contributed by atoms with Crippen LogP contribution in [-0.2, 0) is 11.2 Å². The summed E-state index contributed by atoms with van der Waals surface area (Å²) in [7, 11) is 2.17. The maximum Gasteiger partial charge on any atom is 0.167 e. The summed E-state index contributed by atoms with van der Waals surface area (Å²) < 4.78 is 24.0. The molecule has 3 heterocycles. The zero-order valence-electron chi connectivity index (χ0n) is 14.5. The number of hydrogen-bond acceptors (Lipinski definition) is 5. The van der Waals surface area contributed by atoms with Crippen molar-refractivity contribution in [3.8, 4) is 11.3 Å². The van der Waals surface area contributed by atoms with Gasteiger partial charge in [0, 0.05) is 24.1 Å². The van der Waals surface area contributed by atoms with Gasteiger partial charge in [-0.2, -0.15) is 0 Å². The molecule has 0 bridgehead atoms. The van der Waals surface area contributed by atoms with Crippen molar-refractivity contribution >= 4 is 0 Å². The molecule has 134 valence electrons. The Labute approximate surface area is 147 Å². The lowest BCUT2D eigenvalue weighted by molar-refractivity contribution is -0.0823. The second-order valence-electron chi connectivity index (χ2n) is 7.36. The van der Waals surface area contributed by atoms with Crippen LogP contribution < -0.4 is 5.32 Å². The molecule has 6 heteroatoms. The Morgan fingerprint density at radius 3 is 2.60 bits per heavy atom. The molecule has 0 atom stereocenters. The number of aromatic nitrogens is 1. The van der Waals surface area contributed by atoms with Crippen LogP contribution in [0.25, 0.3) is 11.3 Å². The van der Waals surface area contributed by atoms with Gasteiger partial charge in [-0.3, -0.25) is 0 Å². The molecular weight excluding hydrogens is 321 g/mol. The van der Waals surface area contributed by atoms with E-state index in [9.17, 15) is 4.39 Å². The van der Waals surface area contributed by atoms with Gasteiger partial charge in [-0.15, -0.1) is 0 Å². The topological polar surface area (TPSA) is 50.5 Å². The van der Waals surface area contributed by atoms with E-state index >= 15 is 0 Å². The van der Waals surface area contributed by atoms with Gasteiger partial charge in [0.15, 0.2) is 5.76 Å². The van der Waals surface area contributed by atoms with Crippen LogP contribution in [0.4, 0.5) is 4.39 Å². The average Bonchev–Trinajstić information content (AvgIpc) is 3.04. The van der Waals surface area contributed by atoms with E-state index in [0.717, 1.165) is 43.6 Å². The maximum absolute atomic E-state index is 13.1. The standard InChI is InChI=1S/C19H24FN3O2/c1-23-8-6-16(7-9-23)21-19(12-24-13-19)11-17-10-18(25-22-17)14-2-4-15(20)5-3-14/h2-5,10,16,21H,6-9,11-13H2,1H3. The lowest BCUT2D eigenvalue weighted by Crippen LogP contribution is -2.65. The molecule has 5 nitrogen and oxygen atoms in total. The predicted molar refractivity (Wildman–Crippen MR) is 92.8 cm³/mol. The molecular formula is C19H24FN3O2. The van der Waals surface area contributed by atoms with Crippen molar-refractivity contribution in [3.05, 3.63) is 41.8 Å². The summed E-state index contributed by atoms with van der Waals surface area (Å²) in [6.45, 7) is 3.68. The molecule has 25 heavy (non-hydrogen) atoms. The molecule has 0 spiro atoms. The molecule has 1 N–H and O–H groups in total. The summed E-state index contributed by atoms with van der Waals surface area (Å²) in [6, 6.07) is 8.76. The van der Waals surface area contributed by atoms with Gasteiger partial charge in [0.05, 0.1) is 24.4 Å². The van der Waals surface area contributed by atoms with E-state index in [1.807, 2.05) is 6.07 Å². The van der Waals surface area contributed by atoms with Gasteiger partial charge in [0.1, 0.15) is 5.82 Å². The van der Waals surface area contributed by atoms with Gasteiger partial charge in [0.2, 0.25) is 0 Å². The Balaban J connectivity index is 1.42. The molecule has 2 aromatic rings. The largest absolute Gasteiger partial charge is 0.377 e. The highest BCUT2D eigenvalue weighted by atomic mass is 19.1. The summed E-state index contributed by atoms with van der Waals surface area (Å²) in [5.74, 6) is 0.418. The van der Waals surface area contributed by atoms with Gasteiger partial charge in [0.25, 0.3) is 0 Å². The quantitative estimate of drug-likeness (QED) is 0.902. The Morgan fingerprint density at radius 2 is 1.96 bits per heavy atom. The smallest absolute Gasteiger partial charge is 0.167 e. The first-order valence-electron chi connectivity index (χ1n) is 8.87. The molecule has 0 amide bonds. The molecule has 1 aromatic carbocycles. The molecule has 0 radical (unpaired) electrons. The minimum Gasteiger partial charge on any atom is -0.377 e. The Hall–Kier alpha value is -1.76. The second kappa shape index (κ2) is 6.86. The predicted octanol–water partition coefficient (Wildman–Crippen LogP) is 2.48. The van der Waals surface area contributed by atoms with Crippen LogP contribution in [0.2, 0.25) is 0 Å². The van der Waals surface area contributed by atoms with Crippen LogP contribution in [0.5, 0.6) is 0 Å². The van der Waals surface area contributed by atoms with E-state index in [-0.39, 0.29) is 11.4 Å². The molecule has 0 aliphatic carbocycles. The van der Waals surface area contributed by atoms with E-state index in [1.165, 1.54) is 12.1 Å². The number of nitrogens with one attached hydrogen (secondary N) is 1. The van der Waals surface area contributed by atoms with Gasteiger partial charge in [-0.1, -0.05) is 5.16 Å². The monoisotopic (exact) mass is 345 g/mol. The minimum absolute atomic E-state index is 0.0441. The van der Waals surface area contributed by atoms with Crippen molar-refractivity contribution in [3.63, 3.8) is 0 Å². The number of halogens is 1. The van der Waals surface area contributed by atoms with E-state index in [4.69, 9.17) is 9.26 Å². The Kier molecular flexibility index (Phi) is 4.58. The molecule has 4 rings (SSSR count). The summed E-state index contributed by atoms with van der Waals surface area (Å²) >= 11 is 0. The number of benzene rings is 1. The number of ether oxygens (including phenoxy) is 1. The molecule has 2 aliphatic heterocycles. The van der Waals surface area contributed by atoms with Crippen LogP contribution >= 0.6 is 0 Å². The van der Waals surface area contributed by atoms with Gasteiger partial charge < -0.3 is 19.5 Å². The highest BCUT2D eigenvalue weighted by molar-refractivity contribution is 5.57. The zero-order valence-corrected chi connectivity index (χ0v) is 14.5. The molecule has 2 saturated heterocycles. The highest BCUT2D eigenvalue weighted by Crippen LogP contribution is 2.27. The second-order valence-corrected chi connectivity index (χ2v) is 7.36. The first kappa shape index (κ1) is 16.7. The third kappa shape index (κ3) is 3.76. The van der Waals surface area contributed by atoms with Crippen LogP contribution in [0.15, 0.2) is 34.9 Å². The lowest BCUT2D eigenvalue weighted by atomic mass is 9.88. The number of rotatable bonds is 5. The zero-order chi connectivity index (χ0) is 17.3. The summed E-state index contributed by atoms with van der Waals surface area (Å²) in [5.41, 5.74) is 1.70. The highest BCUT2D eigenvalue weighted by Gasteiger charge is 2.41. The fraction of sp³-hybridized carbons (Fsp3) is 0.526. The third-order valence-corrected chi connectivity index (χ3v) is 5.19. The number of hydrogen-bond donors (Lipinski definition) is 1. The van der Waals surface area contributed by atoms with Crippen molar-refractivity contribution < 1.29 is 13.7 Å². The van der Waals surface area contributed by atoms with Gasteiger partial charge in [-0.25, -0.2) is 4.39 Å². The van der Waals surface area contributed by atoms with Crippen LogP contribution in [-0.4, -0.2) is 55.0 Å².